The Bertz CT molecular complexity index is 219. The van der Waals surface area contributed by atoms with Crippen molar-refractivity contribution in [3.05, 3.63) is 23.3 Å². The first-order chi connectivity index (χ1) is 6.93. The summed E-state index contributed by atoms with van der Waals surface area (Å²) in [5, 5.41) is 9.63. The minimum Gasteiger partial charge on any atom is -0.393 e. The van der Waals surface area contributed by atoms with Gasteiger partial charge in [-0.2, -0.15) is 0 Å². The van der Waals surface area contributed by atoms with Crippen LogP contribution in [0.1, 0.15) is 53.9 Å². The molecule has 0 aromatic heterocycles. The third-order valence-corrected chi connectivity index (χ3v) is 2.57. The zero-order valence-corrected chi connectivity index (χ0v) is 10.9. The molecule has 0 bridgehead atoms. The van der Waals surface area contributed by atoms with Crippen LogP contribution in [-0.2, 0) is 0 Å². The molecule has 0 spiro atoms. The molecular weight excluding hydrogens is 184 g/mol. The standard InChI is InChI=1S/C14H26O/c1-11(2)7-6-8-13(5)9-10-14(15)12(3)4/h7,9,12,14-15H,6,8,10H2,1-5H3/b13-9+. The van der Waals surface area contributed by atoms with Crippen LogP contribution in [0.4, 0.5) is 0 Å². The lowest BCUT2D eigenvalue weighted by atomic mass is 10.0. The van der Waals surface area contributed by atoms with Crippen molar-refractivity contribution in [2.75, 3.05) is 0 Å². The smallest absolute Gasteiger partial charge is 0.0597 e. The molecule has 0 radical (unpaired) electrons. The van der Waals surface area contributed by atoms with Crippen molar-refractivity contribution < 1.29 is 5.11 Å². The quantitative estimate of drug-likeness (QED) is 0.655. The van der Waals surface area contributed by atoms with Gasteiger partial charge in [0.05, 0.1) is 6.10 Å². The average Bonchev–Trinajstić information content (AvgIpc) is 2.13. The molecule has 0 saturated heterocycles. The van der Waals surface area contributed by atoms with Gasteiger partial charge in [0.25, 0.3) is 0 Å². The SMILES string of the molecule is CC(C)=CCC/C(C)=C/CC(O)C(C)C. The highest BCUT2D eigenvalue weighted by molar-refractivity contribution is 5.02. The maximum atomic E-state index is 9.63. The van der Waals surface area contributed by atoms with Gasteiger partial charge in [-0.15, -0.1) is 0 Å². The summed E-state index contributed by atoms with van der Waals surface area (Å²) in [6, 6.07) is 0. The highest BCUT2D eigenvalue weighted by Crippen LogP contribution is 2.11. The maximum Gasteiger partial charge on any atom is 0.0597 e. The predicted molar refractivity (Wildman–Crippen MR) is 67.9 cm³/mol. The highest BCUT2D eigenvalue weighted by Gasteiger charge is 2.06. The fourth-order valence-electron chi connectivity index (χ4n) is 1.28. The van der Waals surface area contributed by atoms with E-state index in [0.717, 1.165) is 19.3 Å². The van der Waals surface area contributed by atoms with Gasteiger partial charge in [0.15, 0.2) is 0 Å². The van der Waals surface area contributed by atoms with E-state index in [4.69, 9.17) is 0 Å². The molecular formula is C14H26O. The molecule has 0 aliphatic rings. The summed E-state index contributed by atoms with van der Waals surface area (Å²) in [4.78, 5) is 0. The molecule has 15 heavy (non-hydrogen) atoms. The van der Waals surface area contributed by atoms with Crippen LogP contribution in [0.15, 0.2) is 23.3 Å². The van der Waals surface area contributed by atoms with Crippen molar-refractivity contribution in [2.24, 2.45) is 5.92 Å². The zero-order chi connectivity index (χ0) is 11.8. The molecule has 1 heteroatoms. The Morgan fingerprint density at radius 3 is 2.20 bits per heavy atom. The molecule has 0 aromatic rings. The Hall–Kier alpha value is -0.560. The first kappa shape index (κ1) is 14.4. The molecule has 1 atom stereocenters. The lowest BCUT2D eigenvalue weighted by Gasteiger charge is -2.12. The van der Waals surface area contributed by atoms with Crippen molar-refractivity contribution in [1.29, 1.82) is 0 Å². The second-order valence-corrected chi connectivity index (χ2v) is 4.92. The maximum absolute atomic E-state index is 9.63. The fourth-order valence-corrected chi connectivity index (χ4v) is 1.28. The summed E-state index contributed by atoms with van der Waals surface area (Å²) < 4.78 is 0. The Morgan fingerprint density at radius 2 is 1.73 bits per heavy atom. The molecule has 0 aliphatic carbocycles. The van der Waals surface area contributed by atoms with Crippen LogP contribution in [0.2, 0.25) is 0 Å². The minimum absolute atomic E-state index is 0.191. The van der Waals surface area contributed by atoms with Gasteiger partial charge in [-0.1, -0.05) is 37.1 Å². The van der Waals surface area contributed by atoms with Crippen molar-refractivity contribution in [1.82, 2.24) is 0 Å². The third-order valence-electron chi connectivity index (χ3n) is 2.57. The van der Waals surface area contributed by atoms with E-state index in [2.05, 4.69) is 46.8 Å². The first-order valence-corrected chi connectivity index (χ1v) is 5.90. The van der Waals surface area contributed by atoms with Crippen molar-refractivity contribution in [2.45, 2.75) is 60.0 Å². The molecule has 0 rings (SSSR count). The van der Waals surface area contributed by atoms with Crippen LogP contribution in [-0.4, -0.2) is 11.2 Å². The van der Waals surface area contributed by atoms with Crippen LogP contribution in [0.5, 0.6) is 0 Å². The third kappa shape index (κ3) is 8.44. The molecule has 0 amide bonds. The summed E-state index contributed by atoms with van der Waals surface area (Å²) in [6.07, 6.45) is 7.25. The van der Waals surface area contributed by atoms with Crippen LogP contribution in [0.25, 0.3) is 0 Å². The van der Waals surface area contributed by atoms with Gasteiger partial charge < -0.3 is 5.11 Å². The van der Waals surface area contributed by atoms with E-state index in [1.54, 1.807) is 0 Å². The molecule has 1 unspecified atom stereocenters. The molecule has 88 valence electrons. The van der Waals surface area contributed by atoms with Crippen LogP contribution in [0, 0.1) is 5.92 Å². The molecule has 1 nitrogen and oxygen atoms in total. The largest absolute Gasteiger partial charge is 0.393 e. The van der Waals surface area contributed by atoms with Crippen LogP contribution in [0.3, 0.4) is 0 Å². The Balaban J connectivity index is 3.84. The number of rotatable bonds is 6. The lowest BCUT2D eigenvalue weighted by molar-refractivity contribution is 0.128. The molecule has 1 N–H and O–H groups in total. The van der Waals surface area contributed by atoms with E-state index in [1.807, 2.05) is 0 Å². The first-order valence-electron chi connectivity index (χ1n) is 5.90. The van der Waals surface area contributed by atoms with Gasteiger partial charge in [0.2, 0.25) is 0 Å². The van der Waals surface area contributed by atoms with Crippen molar-refractivity contribution in [3.8, 4) is 0 Å². The molecule has 0 aromatic carbocycles. The number of aliphatic hydroxyl groups is 1. The molecule has 0 saturated carbocycles. The predicted octanol–water partition coefficient (Wildman–Crippen LogP) is 4.09. The van der Waals surface area contributed by atoms with E-state index in [-0.39, 0.29) is 6.10 Å². The number of hydrogen-bond acceptors (Lipinski definition) is 1. The van der Waals surface area contributed by atoms with Gasteiger partial charge >= 0.3 is 0 Å². The molecule has 0 fully saturated rings. The van der Waals surface area contributed by atoms with E-state index in [9.17, 15) is 5.11 Å². The average molecular weight is 210 g/mol. The summed E-state index contributed by atoms with van der Waals surface area (Å²) in [7, 11) is 0. The fraction of sp³-hybridized carbons (Fsp3) is 0.714. The van der Waals surface area contributed by atoms with Gasteiger partial charge in [-0.3, -0.25) is 0 Å². The molecule has 0 aliphatic heterocycles. The van der Waals surface area contributed by atoms with Crippen molar-refractivity contribution >= 4 is 0 Å². The van der Waals surface area contributed by atoms with Crippen LogP contribution < -0.4 is 0 Å². The van der Waals surface area contributed by atoms with Gasteiger partial charge in [0, 0.05) is 0 Å². The summed E-state index contributed by atoms with van der Waals surface area (Å²) in [6.45, 7) is 10.5. The van der Waals surface area contributed by atoms with Gasteiger partial charge in [0.1, 0.15) is 0 Å². The number of hydrogen-bond donors (Lipinski definition) is 1. The Labute approximate surface area is 94.9 Å². The summed E-state index contributed by atoms with van der Waals surface area (Å²) >= 11 is 0. The second kappa shape index (κ2) is 7.70. The summed E-state index contributed by atoms with van der Waals surface area (Å²) in [5.74, 6) is 0.354. The molecule has 0 heterocycles. The van der Waals surface area contributed by atoms with E-state index in [1.165, 1.54) is 11.1 Å². The van der Waals surface area contributed by atoms with Gasteiger partial charge in [-0.25, -0.2) is 0 Å². The van der Waals surface area contributed by atoms with Crippen molar-refractivity contribution in [3.63, 3.8) is 0 Å². The topological polar surface area (TPSA) is 20.2 Å². The Kier molecular flexibility index (Phi) is 7.41. The highest BCUT2D eigenvalue weighted by atomic mass is 16.3. The number of allylic oxidation sites excluding steroid dienone is 3. The van der Waals surface area contributed by atoms with E-state index >= 15 is 0 Å². The monoisotopic (exact) mass is 210 g/mol. The zero-order valence-electron chi connectivity index (χ0n) is 10.9. The Morgan fingerprint density at radius 1 is 1.13 bits per heavy atom. The van der Waals surface area contributed by atoms with E-state index in [0.29, 0.717) is 5.92 Å². The van der Waals surface area contributed by atoms with Crippen LogP contribution >= 0.6 is 0 Å². The summed E-state index contributed by atoms with van der Waals surface area (Å²) in [5.41, 5.74) is 2.76. The van der Waals surface area contributed by atoms with Gasteiger partial charge in [-0.05, 0) is 46.0 Å². The minimum atomic E-state index is -0.191. The number of aliphatic hydroxyl groups excluding tert-OH is 1. The second-order valence-electron chi connectivity index (χ2n) is 4.92. The van der Waals surface area contributed by atoms with E-state index < -0.39 is 0 Å². The lowest BCUT2D eigenvalue weighted by Crippen LogP contribution is -2.13. The normalized spacial score (nSPS) is 14.2.